The summed E-state index contributed by atoms with van der Waals surface area (Å²) in [5.74, 6) is 5.30. The van der Waals surface area contributed by atoms with E-state index in [0.717, 1.165) is 29.6 Å². The molecule has 0 amide bonds. The lowest BCUT2D eigenvalue weighted by molar-refractivity contribution is 0.542. The molecule has 1 fully saturated rings. The standard InChI is InChI=1S/C15H26N4S/c1-10-9-20-8-7-19(10)13-11(2)12(16-6)17-14(18-13)15(3,4)5/h10H,7-9H2,1-6H3,(H,16,17,18). The first kappa shape index (κ1) is 15.4. The lowest BCUT2D eigenvalue weighted by Gasteiger charge is -2.36. The van der Waals surface area contributed by atoms with Crippen LogP contribution in [-0.4, -0.2) is 41.1 Å². The Kier molecular flexibility index (Phi) is 4.47. The lowest BCUT2D eigenvalue weighted by atomic mass is 9.95. The van der Waals surface area contributed by atoms with Crippen molar-refractivity contribution in [2.24, 2.45) is 0 Å². The first-order chi connectivity index (χ1) is 9.34. The Morgan fingerprint density at radius 2 is 2.00 bits per heavy atom. The van der Waals surface area contributed by atoms with E-state index in [0.29, 0.717) is 6.04 Å². The molecule has 5 heteroatoms. The van der Waals surface area contributed by atoms with Gasteiger partial charge in [-0.3, -0.25) is 0 Å². The van der Waals surface area contributed by atoms with Gasteiger partial charge in [-0.1, -0.05) is 20.8 Å². The van der Waals surface area contributed by atoms with Crippen LogP contribution in [0, 0.1) is 6.92 Å². The number of nitrogens with zero attached hydrogens (tertiary/aromatic N) is 3. The van der Waals surface area contributed by atoms with E-state index in [4.69, 9.17) is 4.98 Å². The van der Waals surface area contributed by atoms with Gasteiger partial charge in [0.2, 0.25) is 0 Å². The molecule has 0 saturated carbocycles. The molecule has 0 bridgehead atoms. The molecular formula is C15H26N4S. The number of anilines is 2. The summed E-state index contributed by atoms with van der Waals surface area (Å²) in [6, 6.07) is 0.528. The van der Waals surface area contributed by atoms with Gasteiger partial charge in [0.05, 0.1) is 0 Å². The monoisotopic (exact) mass is 294 g/mol. The first-order valence-electron chi connectivity index (χ1n) is 7.26. The van der Waals surface area contributed by atoms with Gasteiger partial charge in [0.1, 0.15) is 17.5 Å². The molecule has 1 aliphatic rings. The number of hydrogen-bond donors (Lipinski definition) is 1. The predicted octanol–water partition coefficient (Wildman–Crippen LogP) is 3.07. The van der Waals surface area contributed by atoms with Gasteiger partial charge in [0, 0.05) is 42.1 Å². The molecule has 4 nitrogen and oxygen atoms in total. The SMILES string of the molecule is CNc1nc(C(C)(C)C)nc(N2CCSCC2C)c1C. The Bertz CT molecular complexity index is 481. The van der Waals surface area contributed by atoms with Gasteiger partial charge in [-0.25, -0.2) is 9.97 Å². The summed E-state index contributed by atoms with van der Waals surface area (Å²) in [5, 5.41) is 3.22. The number of hydrogen-bond acceptors (Lipinski definition) is 5. The maximum atomic E-state index is 4.89. The quantitative estimate of drug-likeness (QED) is 0.908. The van der Waals surface area contributed by atoms with E-state index in [2.05, 4.69) is 49.8 Å². The van der Waals surface area contributed by atoms with Crippen LogP contribution >= 0.6 is 11.8 Å². The average molecular weight is 294 g/mol. The van der Waals surface area contributed by atoms with E-state index in [-0.39, 0.29) is 5.41 Å². The third-order valence-electron chi connectivity index (χ3n) is 3.67. The number of rotatable bonds is 2. The molecule has 20 heavy (non-hydrogen) atoms. The van der Waals surface area contributed by atoms with E-state index in [1.54, 1.807) is 0 Å². The van der Waals surface area contributed by atoms with Crippen LogP contribution in [0.5, 0.6) is 0 Å². The Morgan fingerprint density at radius 3 is 2.55 bits per heavy atom. The molecule has 2 heterocycles. The molecule has 0 spiro atoms. The fourth-order valence-corrected chi connectivity index (χ4v) is 3.42. The maximum Gasteiger partial charge on any atom is 0.138 e. The van der Waals surface area contributed by atoms with Crippen LogP contribution in [0.4, 0.5) is 11.6 Å². The van der Waals surface area contributed by atoms with Crippen molar-refractivity contribution in [2.45, 2.75) is 46.1 Å². The Balaban J connectivity index is 2.50. The highest BCUT2D eigenvalue weighted by Gasteiger charge is 2.26. The molecule has 0 aromatic carbocycles. The van der Waals surface area contributed by atoms with Crippen molar-refractivity contribution in [3.63, 3.8) is 0 Å². The summed E-state index contributed by atoms with van der Waals surface area (Å²) in [6.45, 7) is 11.9. The second kappa shape index (κ2) is 5.80. The zero-order valence-corrected chi connectivity index (χ0v) is 14.3. The van der Waals surface area contributed by atoms with Crippen LogP contribution in [0.1, 0.15) is 39.1 Å². The molecule has 1 saturated heterocycles. The van der Waals surface area contributed by atoms with Crippen LogP contribution < -0.4 is 10.2 Å². The van der Waals surface area contributed by atoms with Gasteiger partial charge in [0.15, 0.2) is 0 Å². The topological polar surface area (TPSA) is 41.1 Å². The van der Waals surface area contributed by atoms with Gasteiger partial charge >= 0.3 is 0 Å². The zero-order valence-electron chi connectivity index (χ0n) is 13.4. The summed E-state index contributed by atoms with van der Waals surface area (Å²) in [6.07, 6.45) is 0. The third kappa shape index (κ3) is 3.03. The highest BCUT2D eigenvalue weighted by atomic mass is 32.2. The van der Waals surface area contributed by atoms with Crippen molar-refractivity contribution in [1.82, 2.24) is 9.97 Å². The van der Waals surface area contributed by atoms with Gasteiger partial charge in [-0.2, -0.15) is 11.8 Å². The van der Waals surface area contributed by atoms with Gasteiger partial charge in [0.25, 0.3) is 0 Å². The molecule has 1 N–H and O–H groups in total. The van der Waals surface area contributed by atoms with Gasteiger partial charge in [-0.05, 0) is 13.8 Å². The fraction of sp³-hybridized carbons (Fsp3) is 0.733. The zero-order chi connectivity index (χ0) is 14.9. The van der Waals surface area contributed by atoms with Crippen molar-refractivity contribution in [3.05, 3.63) is 11.4 Å². The maximum absolute atomic E-state index is 4.89. The van der Waals surface area contributed by atoms with E-state index < -0.39 is 0 Å². The second-order valence-corrected chi connectivity index (χ2v) is 7.61. The number of nitrogens with one attached hydrogen (secondary N) is 1. The molecule has 0 radical (unpaired) electrons. The Labute approximate surface area is 126 Å². The van der Waals surface area contributed by atoms with Crippen molar-refractivity contribution in [3.8, 4) is 0 Å². The van der Waals surface area contributed by atoms with Crippen LogP contribution in [0.15, 0.2) is 0 Å². The highest BCUT2D eigenvalue weighted by Crippen LogP contribution is 2.31. The summed E-state index contributed by atoms with van der Waals surface area (Å²) in [7, 11) is 1.93. The van der Waals surface area contributed by atoms with Crippen LogP contribution in [-0.2, 0) is 5.41 Å². The van der Waals surface area contributed by atoms with E-state index in [1.165, 1.54) is 11.5 Å². The minimum Gasteiger partial charge on any atom is -0.373 e. The smallest absolute Gasteiger partial charge is 0.138 e. The number of aromatic nitrogens is 2. The third-order valence-corrected chi connectivity index (χ3v) is 4.86. The van der Waals surface area contributed by atoms with Crippen LogP contribution in [0.3, 0.4) is 0 Å². The lowest BCUT2D eigenvalue weighted by Crippen LogP contribution is -2.42. The molecule has 2 rings (SSSR count). The fourth-order valence-electron chi connectivity index (χ4n) is 2.41. The van der Waals surface area contributed by atoms with E-state index in [1.807, 2.05) is 18.8 Å². The Hall–Kier alpha value is -0.970. The summed E-state index contributed by atoms with van der Waals surface area (Å²) in [4.78, 5) is 12.0. The molecule has 1 aromatic rings. The van der Waals surface area contributed by atoms with Crippen LogP contribution in [0.25, 0.3) is 0 Å². The molecule has 1 unspecified atom stereocenters. The minimum absolute atomic E-state index is 0.0399. The van der Waals surface area contributed by atoms with Gasteiger partial charge < -0.3 is 10.2 Å². The molecular weight excluding hydrogens is 268 g/mol. The summed E-state index contributed by atoms with van der Waals surface area (Å²) >= 11 is 2.03. The van der Waals surface area contributed by atoms with E-state index in [9.17, 15) is 0 Å². The minimum atomic E-state index is -0.0399. The van der Waals surface area contributed by atoms with Crippen LogP contribution in [0.2, 0.25) is 0 Å². The van der Waals surface area contributed by atoms with Gasteiger partial charge in [-0.15, -0.1) is 0 Å². The average Bonchev–Trinajstić information content (AvgIpc) is 2.38. The second-order valence-electron chi connectivity index (χ2n) is 6.46. The molecule has 0 aliphatic carbocycles. The predicted molar refractivity (Wildman–Crippen MR) is 89.1 cm³/mol. The molecule has 1 aromatic heterocycles. The normalized spacial score (nSPS) is 20.1. The van der Waals surface area contributed by atoms with Crippen molar-refractivity contribution < 1.29 is 0 Å². The molecule has 112 valence electrons. The van der Waals surface area contributed by atoms with E-state index >= 15 is 0 Å². The number of thioether (sulfide) groups is 1. The molecule has 1 atom stereocenters. The Morgan fingerprint density at radius 1 is 1.30 bits per heavy atom. The summed E-state index contributed by atoms with van der Waals surface area (Å²) in [5.41, 5.74) is 1.11. The van der Waals surface area contributed by atoms with Crippen molar-refractivity contribution in [2.75, 3.05) is 35.3 Å². The van der Waals surface area contributed by atoms with Crippen molar-refractivity contribution in [1.29, 1.82) is 0 Å². The first-order valence-corrected chi connectivity index (χ1v) is 8.41. The van der Waals surface area contributed by atoms with Crippen molar-refractivity contribution >= 4 is 23.4 Å². The highest BCUT2D eigenvalue weighted by molar-refractivity contribution is 7.99. The largest absolute Gasteiger partial charge is 0.373 e. The summed E-state index contributed by atoms with van der Waals surface area (Å²) < 4.78 is 0. The molecule has 1 aliphatic heterocycles.